The molecule has 0 saturated carbocycles. The van der Waals surface area contributed by atoms with Gasteiger partial charge >= 0.3 is 0 Å². The maximum Gasteiger partial charge on any atom is 0.251 e. The first-order chi connectivity index (χ1) is 17.3. The molecule has 6 nitrogen and oxygen atoms in total. The van der Waals surface area contributed by atoms with E-state index < -0.39 is 0 Å². The number of benzene rings is 3. The van der Waals surface area contributed by atoms with Crippen molar-refractivity contribution in [1.29, 1.82) is 0 Å². The number of hydrogen-bond donors (Lipinski definition) is 2. The highest BCUT2D eigenvalue weighted by atomic mass is 32.1. The van der Waals surface area contributed by atoms with Crippen LogP contribution >= 0.6 is 11.3 Å². The maximum absolute atomic E-state index is 12.9. The van der Waals surface area contributed by atoms with Gasteiger partial charge in [-0.1, -0.05) is 42.5 Å². The number of thiophene rings is 1. The summed E-state index contributed by atoms with van der Waals surface area (Å²) in [7, 11) is 0. The van der Waals surface area contributed by atoms with Crippen LogP contribution in [0.3, 0.4) is 0 Å². The van der Waals surface area contributed by atoms with E-state index >= 15 is 0 Å². The number of nitrogens with one attached hydrogen (secondary N) is 2. The van der Waals surface area contributed by atoms with Crippen LogP contribution in [-0.4, -0.2) is 29.2 Å². The second-order valence-electron chi connectivity index (χ2n) is 8.50. The highest BCUT2D eigenvalue weighted by Crippen LogP contribution is 2.34. The predicted octanol–water partition coefficient (Wildman–Crippen LogP) is 5.62. The molecule has 1 aliphatic heterocycles. The van der Waals surface area contributed by atoms with E-state index in [1.54, 1.807) is 17.7 Å². The molecule has 0 radical (unpaired) electrons. The van der Waals surface area contributed by atoms with Crippen molar-refractivity contribution in [2.45, 2.75) is 13.0 Å². The van der Waals surface area contributed by atoms with Gasteiger partial charge in [0.1, 0.15) is 11.4 Å². The van der Waals surface area contributed by atoms with Crippen molar-refractivity contribution >= 4 is 33.7 Å². The highest BCUT2D eigenvalue weighted by Gasteiger charge is 2.20. The van der Waals surface area contributed by atoms with Crippen LogP contribution in [0.5, 0.6) is 5.75 Å². The SMILES string of the molecule is O=C(NCCc1[nH]cnc1-c1cccs1)c1cccc(N2COc3ccc4ccccc4c3C2)c1. The molecule has 5 aromatic rings. The standard InChI is InChI=1S/C28H24N4O2S/c33-28(29-13-12-24-27(31-17-30-24)26-9-4-14-35-26)20-6-3-7-21(15-20)32-16-23-22-8-2-1-5-19(22)10-11-25(23)34-18-32/h1-11,14-15,17H,12-13,16,18H2,(H,29,33)(H,30,31). The summed E-state index contributed by atoms with van der Waals surface area (Å²) < 4.78 is 6.06. The molecule has 0 saturated heterocycles. The molecule has 3 heterocycles. The molecule has 7 heteroatoms. The molecule has 0 atom stereocenters. The van der Waals surface area contributed by atoms with E-state index in [1.807, 2.05) is 47.8 Å². The fourth-order valence-electron chi connectivity index (χ4n) is 4.55. The first kappa shape index (κ1) is 21.4. The lowest BCUT2D eigenvalue weighted by atomic mass is 10.0. The number of aromatic nitrogens is 2. The van der Waals surface area contributed by atoms with Gasteiger partial charge in [0.15, 0.2) is 6.73 Å². The van der Waals surface area contributed by atoms with Crippen LogP contribution in [0, 0.1) is 0 Å². The lowest BCUT2D eigenvalue weighted by Crippen LogP contribution is -2.32. The number of carbonyl (C=O) groups is 1. The van der Waals surface area contributed by atoms with Gasteiger partial charge in [-0.25, -0.2) is 4.98 Å². The average Bonchev–Trinajstić information content (AvgIpc) is 3.60. The van der Waals surface area contributed by atoms with Crippen LogP contribution in [0.25, 0.3) is 21.3 Å². The molecule has 6 rings (SSSR count). The van der Waals surface area contributed by atoms with Crippen LogP contribution in [0.2, 0.25) is 0 Å². The zero-order valence-corrected chi connectivity index (χ0v) is 19.8. The molecular weight excluding hydrogens is 456 g/mol. The summed E-state index contributed by atoms with van der Waals surface area (Å²) in [6.07, 6.45) is 2.39. The maximum atomic E-state index is 12.9. The molecule has 1 amide bonds. The number of hydrogen-bond acceptors (Lipinski definition) is 5. The van der Waals surface area contributed by atoms with Gasteiger partial charge in [-0.3, -0.25) is 4.79 Å². The Hall–Kier alpha value is -4.10. The number of fused-ring (bicyclic) bond motifs is 3. The van der Waals surface area contributed by atoms with Crippen molar-refractivity contribution in [2.75, 3.05) is 18.2 Å². The number of H-pyrrole nitrogens is 1. The van der Waals surface area contributed by atoms with Gasteiger partial charge in [0.2, 0.25) is 0 Å². The molecule has 3 aromatic carbocycles. The summed E-state index contributed by atoms with van der Waals surface area (Å²) >= 11 is 1.66. The third kappa shape index (κ3) is 4.26. The van der Waals surface area contributed by atoms with Gasteiger partial charge in [-0.2, -0.15) is 0 Å². The van der Waals surface area contributed by atoms with Crippen LogP contribution in [-0.2, 0) is 13.0 Å². The van der Waals surface area contributed by atoms with Crippen LogP contribution in [0.1, 0.15) is 21.6 Å². The monoisotopic (exact) mass is 480 g/mol. The summed E-state index contributed by atoms with van der Waals surface area (Å²) in [5.41, 5.74) is 4.75. The third-order valence-electron chi connectivity index (χ3n) is 6.33. The molecule has 0 unspecified atom stereocenters. The molecule has 0 spiro atoms. The zero-order chi connectivity index (χ0) is 23.6. The number of ether oxygens (including phenoxy) is 1. The fourth-order valence-corrected chi connectivity index (χ4v) is 5.30. The fraction of sp³-hybridized carbons (Fsp3) is 0.143. The zero-order valence-electron chi connectivity index (χ0n) is 19.0. The minimum absolute atomic E-state index is 0.0900. The number of aromatic amines is 1. The molecule has 0 fully saturated rings. The van der Waals surface area contributed by atoms with Crippen LogP contribution in [0.15, 0.2) is 84.5 Å². The first-order valence-electron chi connectivity index (χ1n) is 11.6. The summed E-state index contributed by atoms with van der Waals surface area (Å²) in [5.74, 6) is 0.836. The Bertz CT molecular complexity index is 1490. The van der Waals surface area contributed by atoms with Gasteiger partial charge in [0.25, 0.3) is 5.91 Å². The van der Waals surface area contributed by atoms with E-state index in [0.717, 1.165) is 34.2 Å². The van der Waals surface area contributed by atoms with Crippen molar-refractivity contribution in [3.05, 3.63) is 101 Å². The second-order valence-corrected chi connectivity index (χ2v) is 9.45. The average molecular weight is 481 g/mol. The van der Waals surface area contributed by atoms with Gasteiger partial charge in [0.05, 0.1) is 17.7 Å². The van der Waals surface area contributed by atoms with Gasteiger partial charge in [0, 0.05) is 35.5 Å². The van der Waals surface area contributed by atoms with Gasteiger partial charge in [-0.05, 0) is 46.5 Å². The Balaban J connectivity index is 1.14. The highest BCUT2D eigenvalue weighted by molar-refractivity contribution is 7.13. The number of amides is 1. The van der Waals surface area contributed by atoms with E-state index in [1.165, 1.54) is 16.3 Å². The number of nitrogens with zero attached hydrogens (tertiary/aromatic N) is 2. The minimum atomic E-state index is -0.0900. The summed E-state index contributed by atoms with van der Waals surface area (Å²) in [6.45, 7) is 1.70. The molecular formula is C28H24N4O2S. The second kappa shape index (κ2) is 9.27. The largest absolute Gasteiger partial charge is 0.473 e. The summed E-state index contributed by atoms with van der Waals surface area (Å²) in [5, 5.41) is 7.48. The Kier molecular flexibility index (Phi) is 5.68. The topological polar surface area (TPSA) is 70.2 Å². The van der Waals surface area contributed by atoms with Crippen molar-refractivity contribution in [2.24, 2.45) is 0 Å². The third-order valence-corrected chi connectivity index (χ3v) is 7.21. The smallest absolute Gasteiger partial charge is 0.251 e. The normalized spacial score (nSPS) is 12.9. The van der Waals surface area contributed by atoms with Gasteiger partial charge in [-0.15, -0.1) is 11.3 Å². The Labute approximate surface area is 207 Å². The Morgan fingerprint density at radius 2 is 2.03 bits per heavy atom. The number of imidazole rings is 1. The van der Waals surface area contributed by atoms with Crippen molar-refractivity contribution in [3.8, 4) is 16.3 Å². The Morgan fingerprint density at radius 1 is 1.09 bits per heavy atom. The molecule has 174 valence electrons. The van der Waals surface area contributed by atoms with Crippen LogP contribution in [0.4, 0.5) is 5.69 Å². The van der Waals surface area contributed by atoms with E-state index in [-0.39, 0.29) is 5.91 Å². The molecule has 0 aliphatic carbocycles. The quantitative estimate of drug-likeness (QED) is 0.331. The van der Waals surface area contributed by atoms with E-state index in [4.69, 9.17) is 4.74 Å². The summed E-state index contributed by atoms with van der Waals surface area (Å²) in [6, 6.07) is 24.3. The minimum Gasteiger partial charge on any atom is -0.473 e. The number of anilines is 1. The van der Waals surface area contributed by atoms with Gasteiger partial charge < -0.3 is 19.9 Å². The van der Waals surface area contributed by atoms with E-state index in [9.17, 15) is 4.79 Å². The van der Waals surface area contributed by atoms with Crippen molar-refractivity contribution in [1.82, 2.24) is 15.3 Å². The molecule has 0 bridgehead atoms. The Morgan fingerprint density at radius 3 is 2.94 bits per heavy atom. The van der Waals surface area contributed by atoms with E-state index in [2.05, 4.69) is 50.5 Å². The molecule has 35 heavy (non-hydrogen) atoms. The molecule has 2 aromatic heterocycles. The van der Waals surface area contributed by atoms with E-state index in [0.29, 0.717) is 25.3 Å². The molecule has 2 N–H and O–H groups in total. The van der Waals surface area contributed by atoms with Crippen LogP contribution < -0.4 is 15.0 Å². The number of rotatable bonds is 6. The predicted molar refractivity (Wildman–Crippen MR) is 140 cm³/mol. The lowest BCUT2D eigenvalue weighted by Gasteiger charge is -2.31. The van der Waals surface area contributed by atoms with Crippen molar-refractivity contribution < 1.29 is 9.53 Å². The molecule has 1 aliphatic rings. The lowest BCUT2D eigenvalue weighted by molar-refractivity contribution is 0.0954. The van der Waals surface area contributed by atoms with Crippen molar-refractivity contribution in [3.63, 3.8) is 0 Å². The number of carbonyl (C=O) groups excluding carboxylic acids is 1. The summed E-state index contributed by atoms with van der Waals surface area (Å²) in [4.78, 5) is 23.8. The first-order valence-corrected chi connectivity index (χ1v) is 12.5.